The van der Waals surface area contributed by atoms with Gasteiger partial charge in [-0.05, 0) is 38.5 Å². The molecule has 0 atom stereocenters. The van der Waals surface area contributed by atoms with Crippen molar-refractivity contribution in [2.75, 3.05) is 12.4 Å². The summed E-state index contributed by atoms with van der Waals surface area (Å²) in [5.41, 5.74) is -0.0994. The minimum Gasteiger partial charge on any atom is -0.469 e. The fourth-order valence-corrected chi connectivity index (χ4v) is 2.95. The molecule has 1 aromatic rings. The van der Waals surface area contributed by atoms with Gasteiger partial charge in [0, 0.05) is 18.0 Å². The van der Waals surface area contributed by atoms with Gasteiger partial charge in [0.15, 0.2) is 0 Å². The van der Waals surface area contributed by atoms with Crippen LogP contribution >= 0.6 is 0 Å². The molecule has 0 amide bonds. The predicted molar refractivity (Wildman–Crippen MR) is 78.2 cm³/mol. The van der Waals surface area contributed by atoms with Crippen molar-refractivity contribution < 1.29 is 9.53 Å². The Morgan fingerprint density at radius 1 is 1.29 bits per heavy atom. The lowest BCUT2D eigenvalue weighted by molar-refractivity contribution is -0.146. The van der Waals surface area contributed by atoms with Crippen molar-refractivity contribution in [2.45, 2.75) is 50.5 Å². The van der Waals surface area contributed by atoms with Crippen molar-refractivity contribution >= 4 is 11.8 Å². The van der Waals surface area contributed by atoms with Crippen LogP contribution in [-0.4, -0.2) is 29.1 Å². The van der Waals surface area contributed by atoms with Crippen LogP contribution in [0.25, 0.3) is 0 Å². The number of hydrogen-bond donors (Lipinski definition) is 2. The second-order valence-electron chi connectivity index (χ2n) is 6.01. The molecule has 0 unspecified atom stereocenters. The third-order valence-electron chi connectivity index (χ3n) is 4.34. The third-order valence-corrected chi connectivity index (χ3v) is 4.34. The highest BCUT2D eigenvalue weighted by atomic mass is 16.5. The summed E-state index contributed by atoms with van der Waals surface area (Å²) in [6.45, 7) is 0. The van der Waals surface area contributed by atoms with Crippen LogP contribution in [0.3, 0.4) is 0 Å². The van der Waals surface area contributed by atoms with Crippen molar-refractivity contribution in [1.82, 2.24) is 9.97 Å². The first-order valence-electron chi connectivity index (χ1n) is 7.61. The van der Waals surface area contributed by atoms with Crippen LogP contribution in [0, 0.1) is 5.92 Å². The maximum atomic E-state index is 11.7. The molecule has 2 aliphatic rings. The molecule has 2 saturated carbocycles. The number of aromatic amines is 1. The van der Waals surface area contributed by atoms with Crippen molar-refractivity contribution in [3.05, 3.63) is 22.2 Å². The summed E-state index contributed by atoms with van der Waals surface area (Å²) in [6.07, 6.45) is 5.65. The van der Waals surface area contributed by atoms with E-state index in [1.807, 2.05) is 0 Å². The number of aromatic nitrogens is 2. The molecule has 0 aromatic carbocycles. The molecule has 114 valence electrons. The van der Waals surface area contributed by atoms with E-state index in [2.05, 4.69) is 15.3 Å². The van der Waals surface area contributed by atoms with Crippen LogP contribution < -0.4 is 10.9 Å². The number of H-pyrrole nitrogens is 1. The van der Waals surface area contributed by atoms with Gasteiger partial charge in [-0.1, -0.05) is 0 Å². The quantitative estimate of drug-likeness (QED) is 0.826. The highest BCUT2D eigenvalue weighted by Gasteiger charge is 2.28. The van der Waals surface area contributed by atoms with Gasteiger partial charge in [-0.25, -0.2) is 4.98 Å². The zero-order valence-corrected chi connectivity index (χ0v) is 12.2. The van der Waals surface area contributed by atoms with E-state index in [4.69, 9.17) is 4.74 Å². The Labute approximate surface area is 123 Å². The minimum absolute atomic E-state index is 0.0159. The third kappa shape index (κ3) is 3.43. The fourth-order valence-electron chi connectivity index (χ4n) is 2.95. The van der Waals surface area contributed by atoms with E-state index in [0.717, 1.165) is 44.3 Å². The molecule has 21 heavy (non-hydrogen) atoms. The van der Waals surface area contributed by atoms with Crippen LogP contribution in [0.5, 0.6) is 0 Å². The highest BCUT2D eigenvalue weighted by molar-refractivity contribution is 5.72. The van der Waals surface area contributed by atoms with Gasteiger partial charge in [-0.15, -0.1) is 0 Å². The van der Waals surface area contributed by atoms with E-state index in [1.54, 1.807) is 0 Å². The minimum atomic E-state index is -0.112. The first kappa shape index (κ1) is 14.1. The van der Waals surface area contributed by atoms with Crippen LogP contribution in [0.4, 0.5) is 5.82 Å². The van der Waals surface area contributed by atoms with E-state index in [1.165, 1.54) is 13.2 Å². The summed E-state index contributed by atoms with van der Waals surface area (Å²) in [6, 6.07) is 1.78. The first-order chi connectivity index (χ1) is 10.2. The Morgan fingerprint density at radius 2 is 2.00 bits per heavy atom. The maximum absolute atomic E-state index is 11.7. The largest absolute Gasteiger partial charge is 0.469 e. The molecule has 6 nitrogen and oxygen atoms in total. The normalized spacial score (nSPS) is 25.4. The maximum Gasteiger partial charge on any atom is 0.308 e. The number of nitrogens with zero attached hydrogens (tertiary/aromatic N) is 1. The number of nitrogens with one attached hydrogen (secondary N) is 2. The number of methoxy groups -OCH3 is 1. The zero-order valence-electron chi connectivity index (χ0n) is 12.2. The standard InChI is InChI=1S/C15H21N3O3/c1-21-15(20)10-4-6-11(7-5-10)16-12-8-13(19)18-14(17-12)9-2-3-9/h8-11H,2-7H2,1H3,(H2,16,17,18,19). The average Bonchev–Trinajstić information content (AvgIpc) is 3.31. The van der Waals surface area contributed by atoms with Crippen LogP contribution in [0.1, 0.15) is 50.3 Å². The molecule has 0 saturated heterocycles. The van der Waals surface area contributed by atoms with Crippen molar-refractivity contribution in [3.8, 4) is 0 Å². The van der Waals surface area contributed by atoms with Gasteiger partial charge in [0.25, 0.3) is 5.56 Å². The molecule has 2 aliphatic carbocycles. The van der Waals surface area contributed by atoms with Crippen LogP contribution in [-0.2, 0) is 9.53 Å². The van der Waals surface area contributed by atoms with E-state index in [0.29, 0.717) is 11.7 Å². The Hall–Kier alpha value is -1.85. The van der Waals surface area contributed by atoms with E-state index in [-0.39, 0.29) is 23.5 Å². The average molecular weight is 291 g/mol. The van der Waals surface area contributed by atoms with Gasteiger partial charge < -0.3 is 15.0 Å². The number of anilines is 1. The van der Waals surface area contributed by atoms with Crippen molar-refractivity contribution in [3.63, 3.8) is 0 Å². The molecule has 0 bridgehead atoms. The molecule has 6 heteroatoms. The summed E-state index contributed by atoms with van der Waals surface area (Å²) in [7, 11) is 1.44. The van der Waals surface area contributed by atoms with Gasteiger partial charge in [0.05, 0.1) is 13.0 Å². The summed E-state index contributed by atoms with van der Waals surface area (Å²) in [5, 5.41) is 3.34. The molecule has 1 heterocycles. The second-order valence-corrected chi connectivity index (χ2v) is 6.01. The Kier molecular flexibility index (Phi) is 3.94. The molecule has 2 fully saturated rings. The molecular formula is C15H21N3O3. The number of hydrogen-bond acceptors (Lipinski definition) is 5. The van der Waals surface area contributed by atoms with E-state index >= 15 is 0 Å². The summed E-state index contributed by atoms with van der Waals surface area (Å²) >= 11 is 0. The fraction of sp³-hybridized carbons (Fsp3) is 0.667. The first-order valence-corrected chi connectivity index (χ1v) is 7.61. The van der Waals surface area contributed by atoms with Gasteiger partial charge in [0.1, 0.15) is 11.6 Å². The van der Waals surface area contributed by atoms with Gasteiger partial charge in [0.2, 0.25) is 0 Å². The summed E-state index contributed by atoms with van der Waals surface area (Å²) in [4.78, 5) is 30.5. The van der Waals surface area contributed by atoms with Gasteiger partial charge in [-0.2, -0.15) is 0 Å². The highest BCUT2D eigenvalue weighted by Crippen LogP contribution is 2.37. The molecule has 1 aromatic heterocycles. The molecule has 0 radical (unpaired) electrons. The van der Waals surface area contributed by atoms with Crippen molar-refractivity contribution in [2.24, 2.45) is 5.92 Å². The zero-order chi connectivity index (χ0) is 14.8. The molecule has 2 N–H and O–H groups in total. The predicted octanol–water partition coefficient (Wildman–Crippen LogP) is 1.79. The smallest absolute Gasteiger partial charge is 0.308 e. The topological polar surface area (TPSA) is 84.1 Å². The Balaban J connectivity index is 1.60. The number of rotatable bonds is 4. The number of carbonyl (C=O) groups is 1. The summed E-state index contributed by atoms with van der Waals surface area (Å²) in [5.74, 6) is 1.78. The van der Waals surface area contributed by atoms with Crippen LogP contribution in [0.2, 0.25) is 0 Å². The lowest BCUT2D eigenvalue weighted by Gasteiger charge is -2.27. The lowest BCUT2D eigenvalue weighted by atomic mass is 9.86. The van der Waals surface area contributed by atoms with Gasteiger partial charge in [-0.3, -0.25) is 9.59 Å². The summed E-state index contributed by atoms with van der Waals surface area (Å²) < 4.78 is 4.79. The second kappa shape index (κ2) is 5.87. The number of carbonyl (C=O) groups excluding carboxylic acids is 1. The van der Waals surface area contributed by atoms with Gasteiger partial charge >= 0.3 is 5.97 Å². The van der Waals surface area contributed by atoms with E-state index < -0.39 is 0 Å². The Bertz CT molecular complexity index is 572. The Morgan fingerprint density at radius 3 is 2.62 bits per heavy atom. The SMILES string of the molecule is COC(=O)C1CCC(Nc2cc(=O)[nH]c(C3CC3)n2)CC1. The van der Waals surface area contributed by atoms with E-state index in [9.17, 15) is 9.59 Å². The number of esters is 1. The number of ether oxygens (including phenoxy) is 1. The molecule has 0 aliphatic heterocycles. The molecular weight excluding hydrogens is 270 g/mol. The molecule has 0 spiro atoms. The monoisotopic (exact) mass is 291 g/mol. The van der Waals surface area contributed by atoms with Crippen LogP contribution in [0.15, 0.2) is 10.9 Å². The lowest BCUT2D eigenvalue weighted by Crippen LogP contribution is -2.30. The van der Waals surface area contributed by atoms with Crippen molar-refractivity contribution in [1.29, 1.82) is 0 Å². The molecule has 3 rings (SSSR count).